The number of rotatable bonds is 8. The van der Waals surface area contributed by atoms with E-state index in [2.05, 4.69) is 48.0 Å². The highest BCUT2D eigenvalue weighted by Gasteiger charge is 2.25. The number of ether oxygens (including phenoxy) is 1. The maximum Gasteiger partial charge on any atom is 0.275 e. The van der Waals surface area contributed by atoms with E-state index in [1.54, 1.807) is 23.3 Å². The number of carbonyl (C=O) groups excluding carboxylic acids is 1. The molecular weight excluding hydrogens is 358 g/mol. The van der Waals surface area contributed by atoms with Crippen molar-refractivity contribution in [2.45, 2.75) is 19.9 Å². The summed E-state index contributed by atoms with van der Waals surface area (Å²) in [4.78, 5) is 16.5. The molecule has 1 amide bonds. The predicted octanol–water partition coefficient (Wildman–Crippen LogP) is -0.293. The van der Waals surface area contributed by atoms with E-state index in [9.17, 15) is 4.79 Å². The largest absolute Gasteiger partial charge is 0.496 e. The summed E-state index contributed by atoms with van der Waals surface area (Å²) in [6.45, 7) is 8.71. The van der Waals surface area contributed by atoms with Crippen LogP contribution in [0.15, 0.2) is 35.7 Å². The highest BCUT2D eigenvalue weighted by atomic mass is 32.1. The van der Waals surface area contributed by atoms with E-state index in [0.29, 0.717) is 6.54 Å². The maximum atomic E-state index is 12.2. The standard InChI is InChI=1S/C21H29N3O2S/c1-17-5-6-20(26-2)18(14-17)15-23-9-11-24(12-10-23)16-21(25)22-8-7-19-4-3-13-27-19/h3-6,13-14H,7-12,15-16H2,1-2H3,(H,22,25)/p+2. The van der Waals surface area contributed by atoms with E-state index >= 15 is 0 Å². The van der Waals surface area contributed by atoms with Crippen LogP contribution < -0.4 is 19.9 Å². The lowest BCUT2D eigenvalue weighted by atomic mass is 10.1. The molecule has 0 aliphatic carbocycles. The van der Waals surface area contributed by atoms with Gasteiger partial charge in [0.2, 0.25) is 0 Å². The first-order valence-electron chi connectivity index (χ1n) is 9.74. The van der Waals surface area contributed by atoms with Crippen molar-refractivity contribution in [3.8, 4) is 5.75 Å². The Labute approximate surface area is 165 Å². The monoisotopic (exact) mass is 389 g/mol. The maximum absolute atomic E-state index is 12.2. The Morgan fingerprint density at radius 2 is 1.96 bits per heavy atom. The van der Waals surface area contributed by atoms with E-state index in [4.69, 9.17) is 4.74 Å². The van der Waals surface area contributed by atoms with E-state index in [-0.39, 0.29) is 5.91 Å². The lowest BCUT2D eigenvalue weighted by Gasteiger charge is -2.29. The quantitative estimate of drug-likeness (QED) is 0.581. The zero-order valence-corrected chi connectivity index (χ0v) is 17.2. The van der Waals surface area contributed by atoms with Crippen LogP contribution in [-0.2, 0) is 17.8 Å². The summed E-state index contributed by atoms with van der Waals surface area (Å²) in [5.74, 6) is 1.15. The first-order valence-corrected chi connectivity index (χ1v) is 10.6. The number of piperazine rings is 1. The van der Waals surface area contributed by atoms with Crippen molar-refractivity contribution in [1.82, 2.24) is 5.32 Å². The van der Waals surface area contributed by atoms with E-state index in [0.717, 1.165) is 51.4 Å². The first-order chi connectivity index (χ1) is 13.1. The minimum absolute atomic E-state index is 0.172. The van der Waals surface area contributed by atoms with Crippen molar-refractivity contribution in [2.24, 2.45) is 0 Å². The lowest BCUT2D eigenvalue weighted by Crippen LogP contribution is -3.28. The first kappa shape index (κ1) is 19.9. The van der Waals surface area contributed by atoms with Crippen molar-refractivity contribution in [3.63, 3.8) is 0 Å². The molecule has 0 radical (unpaired) electrons. The van der Waals surface area contributed by atoms with Crippen LogP contribution in [0, 0.1) is 6.92 Å². The molecule has 2 heterocycles. The molecule has 1 aromatic heterocycles. The Hall–Kier alpha value is -1.89. The third-order valence-corrected chi connectivity index (χ3v) is 6.16. The normalized spacial score (nSPS) is 19.6. The van der Waals surface area contributed by atoms with Gasteiger partial charge in [0.05, 0.1) is 7.11 Å². The van der Waals surface area contributed by atoms with Crippen molar-refractivity contribution in [2.75, 3.05) is 46.4 Å². The van der Waals surface area contributed by atoms with E-state index in [1.165, 1.54) is 20.9 Å². The minimum atomic E-state index is 0.172. The van der Waals surface area contributed by atoms with Crippen LogP contribution in [0.4, 0.5) is 0 Å². The van der Waals surface area contributed by atoms with Crippen LogP contribution in [0.2, 0.25) is 0 Å². The average molecular weight is 390 g/mol. The second-order valence-corrected chi connectivity index (χ2v) is 8.38. The predicted molar refractivity (Wildman–Crippen MR) is 109 cm³/mol. The minimum Gasteiger partial charge on any atom is -0.496 e. The zero-order chi connectivity index (χ0) is 19.1. The van der Waals surface area contributed by atoms with Gasteiger partial charge in [0.1, 0.15) is 38.5 Å². The van der Waals surface area contributed by atoms with Gasteiger partial charge in [0.25, 0.3) is 5.91 Å². The molecule has 27 heavy (non-hydrogen) atoms. The van der Waals surface area contributed by atoms with Crippen LogP contribution >= 0.6 is 11.3 Å². The molecule has 1 aliphatic rings. The molecule has 1 aliphatic heterocycles. The fraction of sp³-hybridized carbons (Fsp3) is 0.476. The summed E-state index contributed by atoms with van der Waals surface area (Å²) in [6, 6.07) is 10.6. The van der Waals surface area contributed by atoms with Gasteiger partial charge < -0.3 is 19.9 Å². The van der Waals surface area contributed by atoms with Gasteiger partial charge >= 0.3 is 0 Å². The number of thiophene rings is 1. The number of carbonyl (C=O) groups is 1. The molecule has 0 unspecified atom stereocenters. The molecule has 5 nitrogen and oxygen atoms in total. The molecule has 0 atom stereocenters. The molecule has 146 valence electrons. The molecular formula is C21H31N3O2S+2. The van der Waals surface area contributed by atoms with Crippen LogP contribution in [0.25, 0.3) is 0 Å². The molecule has 0 saturated carbocycles. The molecule has 3 rings (SSSR count). The number of nitrogens with one attached hydrogen (secondary N) is 3. The third kappa shape index (κ3) is 6.06. The summed E-state index contributed by atoms with van der Waals surface area (Å²) in [6.07, 6.45) is 0.926. The number of aryl methyl sites for hydroxylation is 1. The average Bonchev–Trinajstić information content (AvgIpc) is 3.17. The van der Waals surface area contributed by atoms with Crippen molar-refractivity contribution in [1.29, 1.82) is 0 Å². The van der Waals surface area contributed by atoms with Gasteiger partial charge in [-0.15, -0.1) is 11.3 Å². The molecule has 1 aromatic carbocycles. The van der Waals surface area contributed by atoms with E-state index < -0.39 is 0 Å². The van der Waals surface area contributed by atoms with Crippen molar-refractivity contribution >= 4 is 17.2 Å². The van der Waals surface area contributed by atoms with Crippen molar-refractivity contribution < 1.29 is 19.3 Å². The topological polar surface area (TPSA) is 47.2 Å². The highest BCUT2D eigenvalue weighted by molar-refractivity contribution is 7.09. The number of amides is 1. The molecule has 2 aromatic rings. The van der Waals surface area contributed by atoms with E-state index in [1.807, 2.05) is 0 Å². The molecule has 0 bridgehead atoms. The van der Waals surface area contributed by atoms with Gasteiger partial charge in [-0.05, 0) is 36.9 Å². The molecule has 1 saturated heterocycles. The van der Waals surface area contributed by atoms with Gasteiger partial charge in [-0.3, -0.25) is 4.79 Å². The molecule has 3 N–H and O–H groups in total. The van der Waals surface area contributed by atoms with Crippen LogP contribution in [0.5, 0.6) is 5.75 Å². The number of methoxy groups -OCH3 is 1. The van der Waals surface area contributed by atoms with Crippen LogP contribution in [0.3, 0.4) is 0 Å². The summed E-state index contributed by atoms with van der Waals surface area (Å²) < 4.78 is 5.51. The lowest BCUT2D eigenvalue weighted by molar-refractivity contribution is -1.02. The second-order valence-electron chi connectivity index (χ2n) is 7.35. The highest BCUT2D eigenvalue weighted by Crippen LogP contribution is 2.18. The number of hydrogen-bond acceptors (Lipinski definition) is 3. The second kappa shape index (κ2) is 9.88. The fourth-order valence-electron chi connectivity index (χ4n) is 3.70. The molecule has 1 fully saturated rings. The molecule has 0 spiro atoms. The van der Waals surface area contributed by atoms with Gasteiger partial charge in [-0.25, -0.2) is 0 Å². The van der Waals surface area contributed by atoms with Crippen LogP contribution in [0.1, 0.15) is 16.0 Å². The number of benzene rings is 1. The Bertz CT molecular complexity index is 725. The summed E-state index contributed by atoms with van der Waals surface area (Å²) in [5.41, 5.74) is 2.55. The fourth-order valence-corrected chi connectivity index (χ4v) is 4.40. The number of quaternary nitrogens is 2. The number of hydrogen-bond donors (Lipinski definition) is 3. The van der Waals surface area contributed by atoms with Crippen LogP contribution in [-0.4, -0.2) is 52.3 Å². The SMILES string of the molecule is COc1ccc(C)cc1C[NH+]1CC[NH+](CC(=O)NCCc2cccs2)CC1. The van der Waals surface area contributed by atoms with Gasteiger partial charge in [-0.2, -0.15) is 0 Å². The Kier molecular flexibility index (Phi) is 7.26. The third-order valence-electron chi connectivity index (χ3n) is 5.22. The zero-order valence-electron chi connectivity index (χ0n) is 16.3. The van der Waals surface area contributed by atoms with Gasteiger partial charge in [0, 0.05) is 17.0 Å². The Morgan fingerprint density at radius 3 is 2.67 bits per heavy atom. The smallest absolute Gasteiger partial charge is 0.275 e. The van der Waals surface area contributed by atoms with Gasteiger partial charge in [0.15, 0.2) is 6.54 Å². The Morgan fingerprint density at radius 1 is 1.19 bits per heavy atom. The summed E-state index contributed by atoms with van der Waals surface area (Å²) in [7, 11) is 1.74. The summed E-state index contributed by atoms with van der Waals surface area (Å²) in [5, 5.41) is 5.14. The Balaban J connectivity index is 1.38. The molecule has 6 heteroatoms. The van der Waals surface area contributed by atoms with Crippen molar-refractivity contribution in [3.05, 3.63) is 51.7 Å². The summed E-state index contributed by atoms with van der Waals surface area (Å²) >= 11 is 1.75. The van der Waals surface area contributed by atoms with Gasteiger partial charge in [-0.1, -0.05) is 17.7 Å².